The lowest BCUT2D eigenvalue weighted by molar-refractivity contribution is -0.155. The maximum Gasteiger partial charge on any atom is 0.330 e. The minimum Gasteiger partial charge on any atom is -0.454 e. The molecule has 29 heavy (non-hydrogen) atoms. The highest BCUT2D eigenvalue weighted by atomic mass is 32.2. The summed E-state index contributed by atoms with van der Waals surface area (Å²) < 4.78 is 5.25. The van der Waals surface area contributed by atoms with Crippen molar-refractivity contribution in [3.05, 3.63) is 54.6 Å². The minimum absolute atomic E-state index is 0.0271. The Kier molecular flexibility index (Phi) is 5.32. The van der Waals surface area contributed by atoms with Crippen LogP contribution >= 0.6 is 11.8 Å². The number of hydrogen-bond acceptors (Lipinski definition) is 5. The third-order valence-corrected chi connectivity index (χ3v) is 6.85. The number of fused-ring (bicyclic) bond motifs is 1. The molecular formula is C22H22N2O4S. The molecule has 2 heterocycles. The summed E-state index contributed by atoms with van der Waals surface area (Å²) in [5, 5.41) is 2.82. The first-order valence-electron chi connectivity index (χ1n) is 9.55. The number of carbonyl (C=O) groups excluding carboxylic acids is 3. The average Bonchev–Trinajstić information content (AvgIpc) is 3.23. The molecule has 2 aliphatic heterocycles. The van der Waals surface area contributed by atoms with Crippen LogP contribution in [0.5, 0.6) is 0 Å². The Labute approximate surface area is 173 Å². The second kappa shape index (κ2) is 7.91. The normalized spacial score (nSPS) is 23.0. The van der Waals surface area contributed by atoms with Gasteiger partial charge in [-0.05, 0) is 25.0 Å². The minimum atomic E-state index is -0.621. The van der Waals surface area contributed by atoms with Gasteiger partial charge in [-0.25, -0.2) is 4.79 Å². The first-order chi connectivity index (χ1) is 14.0. The number of ether oxygens (including phenoxy) is 1. The van der Waals surface area contributed by atoms with Gasteiger partial charge in [0.2, 0.25) is 5.91 Å². The third kappa shape index (κ3) is 3.87. The summed E-state index contributed by atoms with van der Waals surface area (Å²) in [6.07, 6.45) is 1.18. The van der Waals surface area contributed by atoms with Crippen molar-refractivity contribution in [3.8, 4) is 11.1 Å². The van der Waals surface area contributed by atoms with Gasteiger partial charge in [0.05, 0.1) is 4.87 Å². The fraction of sp³-hybridized carbons (Fsp3) is 0.318. The van der Waals surface area contributed by atoms with E-state index < -0.39 is 17.9 Å². The van der Waals surface area contributed by atoms with Gasteiger partial charge in [-0.3, -0.25) is 9.59 Å². The van der Waals surface area contributed by atoms with Gasteiger partial charge in [0, 0.05) is 23.4 Å². The average molecular weight is 410 g/mol. The van der Waals surface area contributed by atoms with Crippen LogP contribution in [0.3, 0.4) is 0 Å². The number of nitrogens with one attached hydrogen (secondary N) is 1. The van der Waals surface area contributed by atoms with Crippen molar-refractivity contribution in [2.75, 3.05) is 17.7 Å². The Morgan fingerprint density at radius 2 is 1.90 bits per heavy atom. The van der Waals surface area contributed by atoms with Crippen molar-refractivity contribution >= 4 is 35.2 Å². The number of amides is 2. The first kappa shape index (κ1) is 19.5. The van der Waals surface area contributed by atoms with Gasteiger partial charge in [-0.15, -0.1) is 11.8 Å². The van der Waals surface area contributed by atoms with Gasteiger partial charge < -0.3 is 15.0 Å². The number of para-hydroxylation sites is 1. The Morgan fingerprint density at radius 3 is 2.69 bits per heavy atom. The smallest absolute Gasteiger partial charge is 0.330 e. The zero-order chi connectivity index (χ0) is 20.4. The molecule has 0 spiro atoms. The predicted molar refractivity (Wildman–Crippen MR) is 112 cm³/mol. The molecular weight excluding hydrogens is 388 g/mol. The van der Waals surface area contributed by atoms with Crippen LogP contribution in [0.2, 0.25) is 0 Å². The Hall–Kier alpha value is -2.80. The van der Waals surface area contributed by atoms with Crippen LogP contribution in [-0.2, 0) is 19.1 Å². The lowest BCUT2D eigenvalue weighted by Gasteiger charge is -2.29. The first-order valence-corrected chi connectivity index (χ1v) is 10.5. The van der Waals surface area contributed by atoms with E-state index in [1.807, 2.05) is 61.5 Å². The van der Waals surface area contributed by atoms with Crippen molar-refractivity contribution in [1.29, 1.82) is 0 Å². The molecule has 7 heteroatoms. The van der Waals surface area contributed by atoms with Gasteiger partial charge in [-0.2, -0.15) is 0 Å². The van der Waals surface area contributed by atoms with Crippen LogP contribution in [0.1, 0.15) is 19.8 Å². The van der Waals surface area contributed by atoms with Gasteiger partial charge >= 0.3 is 5.97 Å². The molecule has 0 saturated carbocycles. The van der Waals surface area contributed by atoms with Crippen LogP contribution in [-0.4, -0.2) is 46.0 Å². The fourth-order valence-corrected chi connectivity index (χ4v) is 5.29. The van der Waals surface area contributed by atoms with Crippen LogP contribution in [0.25, 0.3) is 11.1 Å². The summed E-state index contributed by atoms with van der Waals surface area (Å²) in [6, 6.07) is 16.6. The van der Waals surface area contributed by atoms with Crippen molar-refractivity contribution in [2.45, 2.75) is 30.7 Å². The zero-order valence-corrected chi connectivity index (χ0v) is 16.9. The summed E-state index contributed by atoms with van der Waals surface area (Å²) in [5.74, 6) is -0.467. The van der Waals surface area contributed by atoms with E-state index in [1.165, 1.54) is 0 Å². The lowest BCUT2D eigenvalue weighted by atomic mass is 10.0. The van der Waals surface area contributed by atoms with E-state index in [9.17, 15) is 14.4 Å². The van der Waals surface area contributed by atoms with E-state index in [0.29, 0.717) is 17.9 Å². The Bertz CT molecular complexity index is 949. The topological polar surface area (TPSA) is 75.7 Å². The maximum atomic E-state index is 12.5. The van der Waals surface area contributed by atoms with E-state index in [2.05, 4.69) is 5.32 Å². The summed E-state index contributed by atoms with van der Waals surface area (Å²) in [4.78, 5) is 38.4. The highest BCUT2D eigenvalue weighted by Crippen LogP contribution is 2.47. The van der Waals surface area contributed by atoms with E-state index in [4.69, 9.17) is 4.74 Å². The standard InChI is InChI=1S/C22H22N2O4S/c1-22-12-11-20(26)24(22)18(14-29-22)21(27)28-13-19(25)23-17-10-6-5-9-16(17)15-7-3-2-4-8-15/h2-10,18H,11-14H2,1H3,(H,23,25)/t18-,22+/m0/s1. The molecule has 0 bridgehead atoms. The van der Waals surface area contributed by atoms with Crippen molar-refractivity contribution in [1.82, 2.24) is 4.90 Å². The second-order valence-electron chi connectivity index (χ2n) is 7.33. The maximum absolute atomic E-state index is 12.5. The molecule has 0 radical (unpaired) electrons. The van der Waals surface area contributed by atoms with E-state index in [0.717, 1.165) is 17.5 Å². The Balaban J connectivity index is 1.38. The molecule has 2 atom stereocenters. The van der Waals surface area contributed by atoms with Crippen LogP contribution in [0.15, 0.2) is 54.6 Å². The number of rotatable bonds is 5. The molecule has 0 unspecified atom stereocenters. The second-order valence-corrected chi connectivity index (χ2v) is 8.83. The number of nitrogens with zero attached hydrogens (tertiary/aromatic N) is 1. The summed E-state index contributed by atoms with van der Waals surface area (Å²) >= 11 is 1.60. The number of benzene rings is 2. The van der Waals surface area contributed by atoms with E-state index in [-0.39, 0.29) is 17.4 Å². The summed E-state index contributed by atoms with van der Waals surface area (Å²) in [6.45, 7) is 1.59. The molecule has 1 N–H and O–H groups in total. The molecule has 0 aliphatic carbocycles. The molecule has 2 aliphatic rings. The van der Waals surface area contributed by atoms with Crippen molar-refractivity contribution in [3.63, 3.8) is 0 Å². The predicted octanol–water partition coefficient (Wildman–Crippen LogP) is 3.29. The molecule has 2 fully saturated rings. The molecule has 6 nitrogen and oxygen atoms in total. The lowest BCUT2D eigenvalue weighted by Crippen LogP contribution is -2.47. The molecule has 2 aromatic rings. The van der Waals surface area contributed by atoms with Gasteiger partial charge in [0.25, 0.3) is 5.91 Å². The third-order valence-electron chi connectivity index (χ3n) is 5.35. The molecule has 2 amide bonds. The quantitative estimate of drug-likeness (QED) is 0.766. The highest BCUT2D eigenvalue weighted by molar-refractivity contribution is 8.01. The van der Waals surface area contributed by atoms with E-state index >= 15 is 0 Å². The highest BCUT2D eigenvalue weighted by Gasteiger charge is 2.53. The van der Waals surface area contributed by atoms with Gasteiger partial charge in [-0.1, -0.05) is 48.5 Å². The van der Waals surface area contributed by atoms with Gasteiger partial charge in [0.1, 0.15) is 6.04 Å². The monoisotopic (exact) mass is 410 g/mol. The number of carbonyl (C=O) groups is 3. The number of anilines is 1. The summed E-state index contributed by atoms with van der Waals surface area (Å²) in [7, 11) is 0. The SMILES string of the molecule is C[C@@]12CCC(=O)N1[C@H](C(=O)OCC(=O)Nc1ccccc1-c1ccccc1)CS2. The molecule has 0 aromatic heterocycles. The van der Waals surface area contributed by atoms with Crippen LogP contribution < -0.4 is 5.32 Å². The zero-order valence-electron chi connectivity index (χ0n) is 16.1. The molecule has 2 aromatic carbocycles. The number of thioether (sulfide) groups is 1. The Morgan fingerprint density at radius 1 is 1.17 bits per heavy atom. The number of hydrogen-bond donors (Lipinski definition) is 1. The van der Waals surface area contributed by atoms with Crippen LogP contribution in [0, 0.1) is 0 Å². The van der Waals surface area contributed by atoms with Gasteiger partial charge in [0.15, 0.2) is 6.61 Å². The molecule has 4 rings (SSSR count). The van der Waals surface area contributed by atoms with Crippen LogP contribution in [0.4, 0.5) is 5.69 Å². The van der Waals surface area contributed by atoms with Crippen molar-refractivity contribution in [2.24, 2.45) is 0 Å². The largest absolute Gasteiger partial charge is 0.454 e. The molecule has 150 valence electrons. The van der Waals surface area contributed by atoms with E-state index in [1.54, 1.807) is 16.7 Å². The fourth-order valence-electron chi connectivity index (χ4n) is 3.88. The molecule has 2 saturated heterocycles. The summed E-state index contributed by atoms with van der Waals surface area (Å²) in [5.41, 5.74) is 2.52. The number of esters is 1. The van der Waals surface area contributed by atoms with Crippen molar-refractivity contribution < 1.29 is 19.1 Å².